The highest BCUT2D eigenvalue weighted by molar-refractivity contribution is 9.10. The van der Waals surface area contributed by atoms with Crippen molar-refractivity contribution in [3.63, 3.8) is 0 Å². The van der Waals surface area contributed by atoms with E-state index in [1.165, 1.54) is 0 Å². The minimum absolute atomic E-state index is 0.673. The Bertz CT molecular complexity index is 524. The molecule has 0 aliphatic carbocycles. The van der Waals surface area contributed by atoms with Crippen molar-refractivity contribution in [2.75, 3.05) is 11.9 Å². The quantitative estimate of drug-likeness (QED) is 0.873. The molecule has 0 aliphatic heterocycles. The van der Waals surface area contributed by atoms with E-state index in [2.05, 4.69) is 26.1 Å². The molecule has 0 saturated heterocycles. The van der Waals surface area contributed by atoms with Crippen molar-refractivity contribution >= 4 is 21.7 Å². The molecule has 2 aromatic heterocycles. The molecule has 0 aromatic carbocycles. The second kappa shape index (κ2) is 4.87. The number of aromatic nitrogens is 2. The van der Waals surface area contributed by atoms with Crippen molar-refractivity contribution in [3.8, 4) is 0 Å². The number of anilines is 1. The highest BCUT2D eigenvalue weighted by Gasteiger charge is 2.10. The number of halogens is 1. The van der Waals surface area contributed by atoms with Crippen LogP contribution in [0.5, 0.6) is 0 Å². The molecule has 0 N–H and O–H groups in total. The predicted octanol–water partition coefficient (Wildman–Crippen LogP) is 3.09. The molecule has 4 nitrogen and oxygen atoms in total. The molecule has 0 aliphatic rings. The van der Waals surface area contributed by atoms with E-state index >= 15 is 0 Å². The average Bonchev–Trinajstić information content (AvgIpc) is 2.63. The standard InChI is InChI=1S/C12H14BrN3O/c1-8-4-11(13)12(14-6-8)16(3)7-10-5-9(2)17-15-10/h4-6H,7H2,1-3H3. The summed E-state index contributed by atoms with van der Waals surface area (Å²) in [4.78, 5) is 6.43. The van der Waals surface area contributed by atoms with Gasteiger partial charge in [0.1, 0.15) is 17.3 Å². The van der Waals surface area contributed by atoms with Crippen molar-refractivity contribution < 1.29 is 4.52 Å². The summed E-state index contributed by atoms with van der Waals surface area (Å²) in [5.74, 6) is 1.72. The first-order chi connectivity index (χ1) is 8.06. The van der Waals surface area contributed by atoms with Crippen LogP contribution in [0.2, 0.25) is 0 Å². The van der Waals surface area contributed by atoms with Gasteiger partial charge in [0.2, 0.25) is 0 Å². The third-order valence-electron chi connectivity index (χ3n) is 2.40. The van der Waals surface area contributed by atoms with Crippen LogP contribution in [-0.4, -0.2) is 17.2 Å². The Morgan fingerprint density at radius 1 is 1.35 bits per heavy atom. The number of aryl methyl sites for hydroxylation is 2. The third-order valence-corrected chi connectivity index (χ3v) is 2.98. The summed E-state index contributed by atoms with van der Waals surface area (Å²) in [5, 5.41) is 3.97. The van der Waals surface area contributed by atoms with Gasteiger partial charge < -0.3 is 9.42 Å². The van der Waals surface area contributed by atoms with Crippen molar-refractivity contribution in [2.24, 2.45) is 0 Å². The van der Waals surface area contributed by atoms with Gasteiger partial charge in [0.25, 0.3) is 0 Å². The fraction of sp³-hybridized carbons (Fsp3) is 0.333. The SMILES string of the molecule is Cc1cnc(N(C)Cc2cc(C)on2)c(Br)c1. The molecule has 5 heteroatoms. The van der Waals surface area contributed by atoms with E-state index in [0.29, 0.717) is 6.54 Å². The summed E-state index contributed by atoms with van der Waals surface area (Å²) in [6, 6.07) is 3.98. The van der Waals surface area contributed by atoms with Gasteiger partial charge in [-0.2, -0.15) is 0 Å². The lowest BCUT2D eigenvalue weighted by molar-refractivity contribution is 0.390. The summed E-state index contributed by atoms with van der Waals surface area (Å²) in [6.07, 6.45) is 1.85. The zero-order valence-corrected chi connectivity index (χ0v) is 11.7. The first-order valence-corrected chi connectivity index (χ1v) is 6.11. The molecule has 2 rings (SSSR count). The summed E-state index contributed by atoms with van der Waals surface area (Å²) >= 11 is 3.52. The van der Waals surface area contributed by atoms with E-state index < -0.39 is 0 Å². The van der Waals surface area contributed by atoms with Crippen LogP contribution in [0.15, 0.2) is 27.3 Å². The highest BCUT2D eigenvalue weighted by Crippen LogP contribution is 2.24. The van der Waals surface area contributed by atoms with Crippen LogP contribution in [0.3, 0.4) is 0 Å². The first-order valence-electron chi connectivity index (χ1n) is 5.32. The lowest BCUT2D eigenvalue weighted by Gasteiger charge is -2.18. The molecule has 0 amide bonds. The maximum Gasteiger partial charge on any atom is 0.142 e. The van der Waals surface area contributed by atoms with Gasteiger partial charge >= 0.3 is 0 Å². The van der Waals surface area contributed by atoms with E-state index in [9.17, 15) is 0 Å². The summed E-state index contributed by atoms with van der Waals surface area (Å²) < 4.78 is 6.03. The maximum atomic E-state index is 5.04. The Morgan fingerprint density at radius 2 is 2.12 bits per heavy atom. The van der Waals surface area contributed by atoms with Gasteiger partial charge in [0.05, 0.1) is 11.0 Å². The van der Waals surface area contributed by atoms with Crippen LogP contribution in [-0.2, 0) is 6.54 Å². The van der Waals surface area contributed by atoms with Crippen molar-refractivity contribution in [1.29, 1.82) is 0 Å². The van der Waals surface area contributed by atoms with Crippen LogP contribution in [0, 0.1) is 13.8 Å². The number of hydrogen-bond donors (Lipinski definition) is 0. The van der Waals surface area contributed by atoms with Gasteiger partial charge in [-0.1, -0.05) is 5.16 Å². The molecular formula is C12H14BrN3O. The minimum Gasteiger partial charge on any atom is -0.361 e. The fourth-order valence-corrected chi connectivity index (χ4v) is 2.38. The van der Waals surface area contributed by atoms with Gasteiger partial charge in [0, 0.05) is 19.3 Å². The smallest absolute Gasteiger partial charge is 0.142 e. The fourth-order valence-electron chi connectivity index (χ4n) is 1.62. The molecule has 17 heavy (non-hydrogen) atoms. The van der Waals surface area contributed by atoms with Crippen molar-refractivity contribution in [2.45, 2.75) is 20.4 Å². The molecule has 90 valence electrons. The zero-order chi connectivity index (χ0) is 12.4. The molecule has 0 unspecified atom stereocenters. The number of hydrogen-bond acceptors (Lipinski definition) is 4. The van der Waals surface area contributed by atoms with Crippen LogP contribution in [0.1, 0.15) is 17.0 Å². The van der Waals surface area contributed by atoms with Crippen LogP contribution >= 0.6 is 15.9 Å². The summed E-state index contributed by atoms with van der Waals surface area (Å²) in [7, 11) is 1.98. The molecule has 0 radical (unpaired) electrons. The van der Waals surface area contributed by atoms with Crippen LogP contribution in [0.25, 0.3) is 0 Å². The van der Waals surface area contributed by atoms with Crippen LogP contribution in [0.4, 0.5) is 5.82 Å². The van der Waals surface area contributed by atoms with Gasteiger partial charge in [-0.3, -0.25) is 0 Å². The lowest BCUT2D eigenvalue weighted by Crippen LogP contribution is -2.18. The zero-order valence-electron chi connectivity index (χ0n) is 10.1. The molecule has 0 saturated carbocycles. The van der Waals surface area contributed by atoms with E-state index in [-0.39, 0.29) is 0 Å². The molecular weight excluding hydrogens is 282 g/mol. The van der Waals surface area contributed by atoms with Crippen molar-refractivity contribution in [3.05, 3.63) is 39.8 Å². The largest absolute Gasteiger partial charge is 0.361 e. The second-order valence-electron chi connectivity index (χ2n) is 4.10. The Kier molecular flexibility index (Phi) is 3.47. The van der Waals surface area contributed by atoms with Gasteiger partial charge in [-0.25, -0.2) is 4.98 Å². The Hall–Kier alpha value is -1.36. The van der Waals surface area contributed by atoms with Gasteiger partial charge in [0.15, 0.2) is 0 Å². The summed E-state index contributed by atoms with van der Waals surface area (Å²) in [5.41, 5.74) is 2.03. The van der Waals surface area contributed by atoms with Gasteiger partial charge in [-0.15, -0.1) is 0 Å². The third kappa shape index (κ3) is 2.85. The normalized spacial score (nSPS) is 10.6. The van der Waals surface area contributed by atoms with E-state index in [0.717, 1.165) is 27.3 Å². The molecule has 0 bridgehead atoms. The maximum absolute atomic E-state index is 5.04. The van der Waals surface area contributed by atoms with Crippen molar-refractivity contribution in [1.82, 2.24) is 10.1 Å². The van der Waals surface area contributed by atoms with E-state index in [1.54, 1.807) is 0 Å². The first kappa shape index (κ1) is 12.1. The molecule has 2 heterocycles. The monoisotopic (exact) mass is 295 g/mol. The number of nitrogens with zero attached hydrogens (tertiary/aromatic N) is 3. The molecule has 0 fully saturated rings. The predicted molar refractivity (Wildman–Crippen MR) is 70.0 cm³/mol. The Balaban J connectivity index is 2.17. The number of rotatable bonds is 3. The molecule has 0 spiro atoms. The highest BCUT2D eigenvalue weighted by atomic mass is 79.9. The van der Waals surface area contributed by atoms with Gasteiger partial charge in [-0.05, 0) is 41.4 Å². The van der Waals surface area contributed by atoms with E-state index in [4.69, 9.17) is 4.52 Å². The topological polar surface area (TPSA) is 42.2 Å². The molecule has 2 aromatic rings. The Morgan fingerprint density at radius 3 is 2.71 bits per heavy atom. The second-order valence-corrected chi connectivity index (χ2v) is 4.96. The van der Waals surface area contributed by atoms with E-state index in [1.807, 2.05) is 44.1 Å². The van der Waals surface area contributed by atoms with Crippen LogP contribution < -0.4 is 4.90 Å². The lowest BCUT2D eigenvalue weighted by atomic mass is 10.3. The summed E-state index contributed by atoms with van der Waals surface area (Å²) in [6.45, 7) is 4.57. The minimum atomic E-state index is 0.673. The molecule has 0 atom stereocenters. The number of pyridine rings is 1. The average molecular weight is 296 g/mol. The Labute approximate surface area is 109 Å².